The Morgan fingerprint density at radius 2 is 2.06 bits per heavy atom. The van der Waals surface area contributed by atoms with Crippen molar-refractivity contribution in [2.45, 2.75) is 60.1 Å². The van der Waals surface area contributed by atoms with E-state index < -0.39 is 0 Å². The van der Waals surface area contributed by atoms with Gasteiger partial charge in [0.15, 0.2) is 0 Å². The normalized spacial score (nSPS) is 25.6. The van der Waals surface area contributed by atoms with Crippen molar-refractivity contribution in [2.75, 3.05) is 0 Å². The average Bonchev–Trinajstić information content (AvgIpc) is 2.60. The molecule has 0 aromatic carbocycles. The van der Waals surface area contributed by atoms with Crippen LogP contribution in [0.3, 0.4) is 0 Å². The van der Waals surface area contributed by atoms with Crippen molar-refractivity contribution < 1.29 is 19.2 Å². The van der Waals surface area contributed by atoms with Gasteiger partial charge in [0.25, 0.3) is 0 Å². The molecule has 2 heteroatoms. The molecule has 0 aromatic heterocycles. The van der Waals surface area contributed by atoms with Crippen LogP contribution in [0.5, 0.6) is 0 Å². The minimum absolute atomic E-state index is 0.180. The number of allylic oxidation sites excluding steroid dienone is 4. The van der Waals surface area contributed by atoms with E-state index in [9.17, 15) is 0 Å². The van der Waals surface area contributed by atoms with E-state index in [-0.39, 0.29) is 28.7 Å². The van der Waals surface area contributed by atoms with E-state index in [0.717, 1.165) is 4.22 Å². The molecule has 0 amide bonds. The van der Waals surface area contributed by atoms with E-state index in [4.69, 9.17) is 0 Å². The molecule has 0 aliphatic heterocycles. The van der Waals surface area contributed by atoms with Crippen LogP contribution in [0.2, 0.25) is 13.6 Å². The van der Waals surface area contributed by atoms with E-state index in [1.165, 1.54) is 25.7 Å². The van der Waals surface area contributed by atoms with Gasteiger partial charge in [0, 0.05) is 0 Å². The molecule has 0 bridgehead atoms. The van der Waals surface area contributed by atoms with Crippen LogP contribution in [0.15, 0.2) is 23.3 Å². The number of hydrogen-bond acceptors (Lipinski definition) is 0. The second-order valence-electron chi connectivity index (χ2n) is 6.36. The summed E-state index contributed by atoms with van der Waals surface area (Å²) in [5.41, 5.74) is 3.60. The molecule has 0 fully saturated rings. The Balaban J connectivity index is 1.83. The summed E-state index contributed by atoms with van der Waals surface area (Å²) in [5, 5.41) is 0.676. The summed E-state index contributed by atoms with van der Waals surface area (Å²) in [5.74, 6) is 0. The summed E-state index contributed by atoms with van der Waals surface area (Å²) < 4.78 is 2.61. The van der Waals surface area contributed by atoms with Gasteiger partial charge in [-0.25, -0.2) is 0 Å². The minimum atomic E-state index is 0.180. The Morgan fingerprint density at radius 1 is 1.31 bits per heavy atom. The molecule has 0 spiro atoms. The fourth-order valence-electron chi connectivity index (χ4n) is 2.62. The van der Waals surface area contributed by atoms with Gasteiger partial charge in [-0.2, -0.15) is 0 Å². The predicted molar refractivity (Wildman–Crippen MR) is 71.5 cm³/mol. The van der Waals surface area contributed by atoms with Gasteiger partial charge in [-0.05, 0) is 0 Å². The molecule has 0 saturated heterocycles. The van der Waals surface area contributed by atoms with E-state index >= 15 is 0 Å². The van der Waals surface area contributed by atoms with Crippen molar-refractivity contribution in [2.24, 2.45) is 0 Å². The molecule has 0 saturated carbocycles. The fourth-order valence-corrected chi connectivity index (χ4v) is 10.7. The first kappa shape index (κ1) is 12.9. The van der Waals surface area contributed by atoms with Crippen LogP contribution in [0, 0.1) is 0 Å². The Bertz CT molecular complexity index is 309. The van der Waals surface area contributed by atoms with E-state index in [0.29, 0.717) is 5.04 Å². The summed E-state index contributed by atoms with van der Waals surface area (Å²) >= 11 is 0.288. The maximum absolute atomic E-state index is 2.55. The van der Waals surface area contributed by atoms with Gasteiger partial charge in [-0.1, -0.05) is 0 Å². The summed E-state index contributed by atoms with van der Waals surface area (Å²) in [6.45, 7) is 7.30. The average molecular weight is 268 g/mol. The third kappa shape index (κ3) is 3.45. The van der Waals surface area contributed by atoms with Crippen molar-refractivity contribution in [1.29, 1.82) is 0 Å². The second kappa shape index (κ2) is 5.37. The van der Waals surface area contributed by atoms with Crippen LogP contribution in [0.4, 0.5) is 0 Å². The van der Waals surface area contributed by atoms with Gasteiger partial charge in [0.05, 0.1) is 0 Å². The predicted octanol–water partition coefficient (Wildman–Crippen LogP) is 4.06. The summed E-state index contributed by atoms with van der Waals surface area (Å²) in [4.78, 5) is 0. The van der Waals surface area contributed by atoms with Crippen molar-refractivity contribution in [3.05, 3.63) is 23.3 Å². The van der Waals surface area contributed by atoms with Crippen LogP contribution >= 0.6 is 0 Å². The molecule has 16 heavy (non-hydrogen) atoms. The number of hydrogen-bond donors (Lipinski definition) is 0. The summed E-state index contributed by atoms with van der Waals surface area (Å²) in [7, 11) is 0.180. The van der Waals surface area contributed by atoms with Crippen molar-refractivity contribution in [1.82, 2.24) is 0 Å². The van der Waals surface area contributed by atoms with E-state index in [1.807, 2.05) is 5.57 Å². The molecule has 1 atom stereocenters. The molecular formula is C14H24SiTi. The summed E-state index contributed by atoms with van der Waals surface area (Å²) in [6, 6.07) is 0. The first-order valence-corrected chi connectivity index (χ1v) is 10.4. The van der Waals surface area contributed by atoms with Crippen LogP contribution in [0.25, 0.3) is 0 Å². The van der Waals surface area contributed by atoms with Crippen LogP contribution in [-0.2, 0) is 19.2 Å². The number of rotatable bonds is 3. The molecule has 2 aliphatic carbocycles. The molecule has 0 aromatic rings. The Hall–Kier alpha value is 0.411. The zero-order valence-corrected chi connectivity index (χ0v) is 14.0. The monoisotopic (exact) mass is 268 g/mol. The molecule has 0 nitrogen and oxygen atoms in total. The summed E-state index contributed by atoms with van der Waals surface area (Å²) in [6.07, 6.45) is 10.7. The van der Waals surface area contributed by atoms with E-state index in [1.54, 1.807) is 9.92 Å². The van der Waals surface area contributed by atoms with Gasteiger partial charge in [-0.15, -0.1) is 0 Å². The molecule has 0 N–H and O–H groups in total. The molecule has 0 heterocycles. The first-order valence-electron chi connectivity index (χ1n) is 6.70. The molecule has 0 radical (unpaired) electrons. The maximum atomic E-state index is 2.55. The van der Waals surface area contributed by atoms with Crippen molar-refractivity contribution in [3.8, 4) is 0 Å². The van der Waals surface area contributed by atoms with Crippen LogP contribution < -0.4 is 0 Å². The van der Waals surface area contributed by atoms with E-state index in [2.05, 4.69) is 32.9 Å². The zero-order chi connectivity index (χ0) is 11.6. The van der Waals surface area contributed by atoms with Crippen LogP contribution in [-0.4, -0.2) is 9.52 Å². The quantitative estimate of drug-likeness (QED) is 0.677. The zero-order valence-electron chi connectivity index (χ0n) is 11.0. The van der Waals surface area contributed by atoms with Gasteiger partial charge in [0.1, 0.15) is 0 Å². The van der Waals surface area contributed by atoms with Crippen molar-refractivity contribution in [3.63, 3.8) is 0 Å². The topological polar surface area (TPSA) is 0 Å². The molecule has 1 unspecified atom stereocenters. The third-order valence-electron chi connectivity index (χ3n) is 3.66. The Morgan fingerprint density at radius 3 is 2.81 bits per heavy atom. The van der Waals surface area contributed by atoms with Gasteiger partial charge in [0.2, 0.25) is 0 Å². The van der Waals surface area contributed by atoms with Gasteiger partial charge >= 0.3 is 112 Å². The fraction of sp³-hybridized carbons (Fsp3) is 0.714. The molecule has 2 aliphatic rings. The Labute approximate surface area is 112 Å². The third-order valence-corrected chi connectivity index (χ3v) is 9.75. The molecule has 88 valence electrons. The SMILES string of the molecule is CC(C)(C)[SiH2][CH2][Ti][CH]1C=CC2=C1CCCC2. The van der Waals surface area contributed by atoms with Gasteiger partial charge < -0.3 is 0 Å². The molecular weight excluding hydrogens is 244 g/mol. The Kier molecular flexibility index (Phi) is 4.32. The van der Waals surface area contributed by atoms with Crippen LogP contribution in [0.1, 0.15) is 46.5 Å². The standard InChI is InChI=1S/C9H11.C5H13Si.Ti/c1-2-5-9-7-3-6-8(9)4-1;1-5(2,3)6-4;/h3,6-7H,1-2,4-5H2;4,6H2,1-3H3;. The van der Waals surface area contributed by atoms with Gasteiger partial charge in [-0.3, -0.25) is 0 Å². The van der Waals surface area contributed by atoms with Crippen molar-refractivity contribution >= 4 is 9.52 Å². The molecule has 2 rings (SSSR count). The first-order chi connectivity index (χ1) is 7.56. The second-order valence-corrected chi connectivity index (χ2v) is 13.4.